The number of alkyl halides is 3. The molecule has 2 saturated heterocycles. The molecule has 3 aromatic carbocycles. The van der Waals surface area contributed by atoms with E-state index in [-0.39, 0.29) is 42.1 Å². The molecule has 0 spiro atoms. The molecule has 324 valence electrons. The van der Waals surface area contributed by atoms with Crippen molar-refractivity contribution >= 4 is 41.7 Å². The van der Waals surface area contributed by atoms with Crippen LogP contribution in [0.1, 0.15) is 63.2 Å². The number of carbonyl (C=O) groups is 4. The lowest BCUT2D eigenvalue weighted by atomic mass is 9.71. The Morgan fingerprint density at radius 2 is 1.79 bits per heavy atom. The first kappa shape index (κ1) is 42.7. The zero-order valence-electron chi connectivity index (χ0n) is 33.9. The SMILES string of the molecule is C=CCN1[C@H]2c3c(cc(C)c(OC)c3OC(=O)/C=C/c3ccccc3)C[C@H]1[C@H](C#N)N1C2[C@@H]2SCC(NC(=O)C(F)(F)F)C(=O)OC[C@H]1c1c3c(c(C)c(OC(C)=O)c12)OCO3. The number of benzene rings is 3. The quantitative estimate of drug-likeness (QED) is 0.126. The number of cyclic esters (lactones) is 1. The number of ether oxygens (including phenoxy) is 6. The molecule has 1 amide bonds. The molecule has 0 saturated carbocycles. The third-order valence-electron chi connectivity index (χ3n) is 11.8. The highest BCUT2D eigenvalue weighted by Gasteiger charge is 2.61. The molecule has 3 aromatic rings. The van der Waals surface area contributed by atoms with Crippen molar-refractivity contribution in [3.05, 3.63) is 94.1 Å². The number of nitrogens with zero attached hydrogens (tertiary/aromatic N) is 3. The lowest BCUT2D eigenvalue weighted by molar-refractivity contribution is -0.176. The molecular formula is C44H41F3N4O10S. The van der Waals surface area contributed by atoms with Crippen molar-refractivity contribution < 1.29 is 60.8 Å². The van der Waals surface area contributed by atoms with Crippen molar-refractivity contribution in [1.82, 2.24) is 15.1 Å². The van der Waals surface area contributed by atoms with E-state index in [4.69, 9.17) is 28.4 Å². The number of carbonyl (C=O) groups excluding carboxylic acids is 4. The molecule has 8 rings (SSSR count). The average Bonchev–Trinajstić information content (AvgIpc) is 3.73. The van der Waals surface area contributed by atoms with Gasteiger partial charge in [-0.25, -0.2) is 9.59 Å². The fourth-order valence-electron chi connectivity index (χ4n) is 9.50. The van der Waals surface area contributed by atoms with Crippen LogP contribution in [0.2, 0.25) is 0 Å². The van der Waals surface area contributed by atoms with Crippen LogP contribution in [0.15, 0.2) is 55.1 Å². The molecular weight excluding hydrogens is 834 g/mol. The Bertz CT molecular complexity index is 2440. The summed E-state index contributed by atoms with van der Waals surface area (Å²) in [6.45, 7) is 8.26. The molecule has 5 heterocycles. The van der Waals surface area contributed by atoms with Gasteiger partial charge in [-0.05, 0) is 43.0 Å². The maximum Gasteiger partial charge on any atom is 0.471 e. The third kappa shape index (κ3) is 7.31. The van der Waals surface area contributed by atoms with Gasteiger partial charge in [0.2, 0.25) is 6.79 Å². The van der Waals surface area contributed by atoms with E-state index in [1.165, 1.54) is 20.1 Å². The first-order valence-electron chi connectivity index (χ1n) is 19.7. The first-order chi connectivity index (χ1) is 29.7. The van der Waals surface area contributed by atoms with Crippen molar-refractivity contribution in [3.8, 4) is 34.8 Å². The minimum absolute atomic E-state index is 0.0998. The fraction of sp³-hybridized carbons (Fsp3) is 0.386. The summed E-state index contributed by atoms with van der Waals surface area (Å²) in [7, 11) is 1.45. The second kappa shape index (κ2) is 16.7. The average molecular weight is 875 g/mol. The Labute approximate surface area is 358 Å². The number of amides is 1. The van der Waals surface area contributed by atoms with E-state index in [1.807, 2.05) is 48.2 Å². The molecule has 18 heteroatoms. The van der Waals surface area contributed by atoms with Gasteiger partial charge in [-0.15, -0.1) is 18.3 Å². The number of methoxy groups -OCH3 is 1. The number of fused-ring (bicyclic) bond motifs is 9. The molecule has 7 atom stereocenters. The number of nitriles is 1. The maximum absolute atomic E-state index is 13.8. The highest BCUT2D eigenvalue weighted by molar-refractivity contribution is 7.99. The number of rotatable bonds is 8. The molecule has 2 fully saturated rings. The van der Waals surface area contributed by atoms with Gasteiger partial charge in [-0.2, -0.15) is 18.4 Å². The van der Waals surface area contributed by atoms with Gasteiger partial charge in [0, 0.05) is 59.6 Å². The van der Waals surface area contributed by atoms with E-state index in [0.717, 1.165) is 22.9 Å². The monoisotopic (exact) mass is 874 g/mol. The number of aryl methyl sites for hydroxylation is 1. The Morgan fingerprint density at radius 3 is 2.47 bits per heavy atom. The predicted molar refractivity (Wildman–Crippen MR) is 217 cm³/mol. The van der Waals surface area contributed by atoms with E-state index in [1.54, 1.807) is 24.4 Å². The van der Waals surface area contributed by atoms with Crippen molar-refractivity contribution in [1.29, 1.82) is 5.26 Å². The summed E-state index contributed by atoms with van der Waals surface area (Å²) in [5, 5.41) is 12.1. The second-order valence-electron chi connectivity index (χ2n) is 15.4. The van der Waals surface area contributed by atoms with E-state index in [2.05, 4.69) is 17.5 Å². The van der Waals surface area contributed by atoms with Gasteiger partial charge in [-0.3, -0.25) is 19.4 Å². The molecule has 2 unspecified atom stereocenters. The summed E-state index contributed by atoms with van der Waals surface area (Å²) in [6.07, 6.45) is -0.414. The number of thioether (sulfide) groups is 1. The molecule has 0 radical (unpaired) electrons. The Kier molecular flexibility index (Phi) is 11.5. The molecule has 5 aliphatic heterocycles. The van der Waals surface area contributed by atoms with E-state index in [9.17, 15) is 37.6 Å². The highest BCUT2D eigenvalue weighted by atomic mass is 32.2. The summed E-state index contributed by atoms with van der Waals surface area (Å²) in [5.41, 5.74) is 3.94. The van der Waals surface area contributed by atoms with Crippen LogP contribution in [-0.2, 0) is 30.3 Å². The molecule has 14 nitrogen and oxygen atoms in total. The van der Waals surface area contributed by atoms with Crippen LogP contribution in [0.3, 0.4) is 0 Å². The van der Waals surface area contributed by atoms with Crippen molar-refractivity contribution in [2.75, 3.05) is 32.8 Å². The van der Waals surface area contributed by atoms with Crippen LogP contribution in [0.4, 0.5) is 13.2 Å². The number of esters is 3. The lowest BCUT2D eigenvalue weighted by Gasteiger charge is -2.62. The minimum atomic E-state index is -5.31. The van der Waals surface area contributed by atoms with Crippen LogP contribution < -0.4 is 29.0 Å². The van der Waals surface area contributed by atoms with Gasteiger partial charge < -0.3 is 33.7 Å². The highest BCUT2D eigenvalue weighted by Crippen LogP contribution is 2.64. The Morgan fingerprint density at radius 1 is 1.05 bits per heavy atom. The van der Waals surface area contributed by atoms with E-state index in [0.29, 0.717) is 34.2 Å². The first-order valence-corrected chi connectivity index (χ1v) is 20.7. The van der Waals surface area contributed by atoms with Gasteiger partial charge in [0.15, 0.2) is 23.0 Å². The van der Waals surface area contributed by atoms with Gasteiger partial charge in [0.1, 0.15) is 24.4 Å². The largest absolute Gasteiger partial charge is 0.493 e. The summed E-state index contributed by atoms with van der Waals surface area (Å²) in [4.78, 5) is 56.8. The Hall–Kier alpha value is -6.03. The van der Waals surface area contributed by atoms with Crippen LogP contribution in [0.25, 0.3) is 6.08 Å². The number of halogens is 3. The number of hydrogen-bond donors (Lipinski definition) is 1. The standard InChI is InChI=1S/C44H41F3N4O10S/c1-6-14-50-27-16-25-15-21(2)36(56-5)40(61-30(53)13-12-24-10-8-7-9-11-24)31(25)34(50)35-41-33-32(39-38(58-20-59-39)22(3)37(33)60-23(4)52)29(51(35)28(27)17-48)18-57-42(54)26(19-62-41)49-43(55)44(45,46)47/h6-13,15,26-29,34-35,41H,1,14,16,18-20H2,2-5H3,(H,49,55)/b13-12+/t26?,27-,28-,29-,34-,35?,41+/m0/s1. The lowest BCUT2D eigenvalue weighted by Crippen LogP contribution is -2.70. The third-order valence-corrected chi connectivity index (χ3v) is 13.2. The smallest absolute Gasteiger partial charge is 0.471 e. The van der Waals surface area contributed by atoms with Crippen molar-refractivity contribution in [3.63, 3.8) is 0 Å². The van der Waals surface area contributed by atoms with Crippen molar-refractivity contribution in [2.24, 2.45) is 0 Å². The molecule has 5 aliphatic rings. The molecule has 4 bridgehead atoms. The van der Waals surface area contributed by atoms with Crippen molar-refractivity contribution in [2.45, 2.75) is 74.9 Å². The van der Waals surface area contributed by atoms with Gasteiger partial charge in [0.05, 0.1) is 30.5 Å². The van der Waals surface area contributed by atoms with Gasteiger partial charge in [-0.1, -0.05) is 42.5 Å². The molecule has 0 aliphatic carbocycles. The zero-order valence-corrected chi connectivity index (χ0v) is 34.8. The van der Waals surface area contributed by atoms with E-state index >= 15 is 0 Å². The van der Waals surface area contributed by atoms with Crippen LogP contribution >= 0.6 is 11.8 Å². The summed E-state index contributed by atoms with van der Waals surface area (Å²) in [5.74, 6) is -4.24. The van der Waals surface area contributed by atoms with Crippen LogP contribution in [0.5, 0.6) is 28.7 Å². The Balaban J connectivity index is 1.39. The summed E-state index contributed by atoms with van der Waals surface area (Å²) < 4.78 is 77.0. The topological polar surface area (TPSA) is 166 Å². The van der Waals surface area contributed by atoms with E-state index < -0.39 is 83.9 Å². The maximum atomic E-state index is 13.8. The molecule has 1 N–H and O–H groups in total. The summed E-state index contributed by atoms with van der Waals surface area (Å²) in [6, 6.07) is 7.69. The van der Waals surface area contributed by atoms with Crippen LogP contribution in [0, 0.1) is 25.2 Å². The molecule has 62 heavy (non-hydrogen) atoms. The predicted octanol–water partition coefficient (Wildman–Crippen LogP) is 5.75. The minimum Gasteiger partial charge on any atom is -0.493 e. The van der Waals surface area contributed by atoms with Gasteiger partial charge >= 0.3 is 30.0 Å². The second-order valence-corrected chi connectivity index (χ2v) is 16.5. The zero-order chi connectivity index (χ0) is 44.2. The van der Waals surface area contributed by atoms with Crippen LogP contribution in [-0.4, -0.2) is 96.8 Å². The number of nitrogens with one attached hydrogen (secondary N) is 1. The number of hydrogen-bond acceptors (Lipinski definition) is 14. The fourth-order valence-corrected chi connectivity index (χ4v) is 11.0. The molecule has 0 aromatic heterocycles. The van der Waals surface area contributed by atoms with Gasteiger partial charge in [0.25, 0.3) is 0 Å². The summed E-state index contributed by atoms with van der Waals surface area (Å²) >= 11 is 1.01. The normalized spacial score (nSPS) is 25.1. The number of piperazine rings is 1.